The normalized spacial score (nSPS) is 13.1. The van der Waals surface area contributed by atoms with Gasteiger partial charge in [0.15, 0.2) is 23.0 Å². The fourth-order valence-electron chi connectivity index (χ4n) is 3.95. The summed E-state index contributed by atoms with van der Waals surface area (Å²) in [5.41, 5.74) is 3.32. The molecule has 1 saturated heterocycles. The number of carbonyl (C=O) groups is 3. The maximum absolute atomic E-state index is 12.5. The van der Waals surface area contributed by atoms with Crippen LogP contribution in [0.5, 0.6) is 11.5 Å². The van der Waals surface area contributed by atoms with Crippen LogP contribution in [-0.2, 0) is 9.59 Å². The predicted molar refractivity (Wildman–Crippen MR) is 137 cm³/mol. The van der Waals surface area contributed by atoms with Gasteiger partial charge in [-0.25, -0.2) is 19.7 Å². The third kappa shape index (κ3) is 4.87. The molecule has 0 saturated carbocycles. The summed E-state index contributed by atoms with van der Waals surface area (Å²) in [5.74, 6) is 0.929. The number of rotatable bonds is 6. The largest absolute Gasteiger partial charge is 0.493 e. The standard InChI is InChI=1S/C26H22N6O5/c1-36-20-10-3-15(13-21(20)37-2)18-8-9-19-25(29-18)30-22(14-27-19)31-26(35)28-16-4-6-17(7-5-16)32-23(33)11-12-24(32)34/h3-10,13-14H,11-12H2,1-2H3,(H2,28,29,30,31,35). The number of imide groups is 1. The van der Waals surface area contributed by atoms with Crippen molar-refractivity contribution in [2.75, 3.05) is 29.8 Å². The minimum atomic E-state index is -0.536. The summed E-state index contributed by atoms with van der Waals surface area (Å²) in [7, 11) is 3.13. The summed E-state index contributed by atoms with van der Waals surface area (Å²) in [5, 5.41) is 5.33. The number of benzene rings is 2. The SMILES string of the molecule is COc1ccc(-c2ccc3ncc(NC(=O)Nc4ccc(N5C(=O)CCC5=O)cc4)nc3n2)cc1OC. The quantitative estimate of drug-likeness (QED) is 0.381. The van der Waals surface area contributed by atoms with Gasteiger partial charge < -0.3 is 14.8 Å². The highest BCUT2D eigenvalue weighted by Gasteiger charge is 2.30. The Kier molecular flexibility index (Phi) is 6.33. The number of hydrogen-bond donors (Lipinski definition) is 2. The summed E-state index contributed by atoms with van der Waals surface area (Å²) in [6.45, 7) is 0. The fraction of sp³-hybridized carbons (Fsp3) is 0.154. The molecule has 11 heteroatoms. The molecule has 0 atom stereocenters. The first-order chi connectivity index (χ1) is 17.9. The topological polar surface area (TPSA) is 136 Å². The van der Waals surface area contributed by atoms with Crippen LogP contribution < -0.4 is 25.0 Å². The van der Waals surface area contributed by atoms with Crippen molar-refractivity contribution in [1.82, 2.24) is 15.0 Å². The number of fused-ring (bicyclic) bond motifs is 1. The van der Waals surface area contributed by atoms with Crippen LogP contribution in [0.2, 0.25) is 0 Å². The maximum atomic E-state index is 12.5. The number of ether oxygens (including phenoxy) is 2. The molecule has 0 unspecified atom stereocenters. The molecule has 5 rings (SSSR count). The number of pyridine rings is 1. The summed E-state index contributed by atoms with van der Waals surface area (Å²) in [4.78, 5) is 50.8. The molecule has 0 spiro atoms. The smallest absolute Gasteiger partial charge is 0.324 e. The van der Waals surface area contributed by atoms with Gasteiger partial charge in [0.2, 0.25) is 11.8 Å². The van der Waals surface area contributed by atoms with E-state index in [0.29, 0.717) is 39.7 Å². The molecule has 0 aliphatic carbocycles. The average Bonchev–Trinajstić information content (AvgIpc) is 3.25. The number of carbonyl (C=O) groups excluding carboxylic acids is 3. The Morgan fingerprint density at radius 1 is 0.865 bits per heavy atom. The molecular formula is C26H22N6O5. The van der Waals surface area contributed by atoms with E-state index in [1.807, 2.05) is 18.2 Å². The van der Waals surface area contributed by atoms with Gasteiger partial charge in [-0.3, -0.25) is 19.8 Å². The lowest BCUT2D eigenvalue weighted by Gasteiger charge is -2.14. The first kappa shape index (κ1) is 23.7. The molecule has 1 aliphatic heterocycles. The second-order valence-electron chi connectivity index (χ2n) is 8.11. The van der Waals surface area contributed by atoms with Crippen LogP contribution >= 0.6 is 0 Å². The van der Waals surface area contributed by atoms with Gasteiger partial charge >= 0.3 is 6.03 Å². The molecule has 11 nitrogen and oxygen atoms in total. The summed E-state index contributed by atoms with van der Waals surface area (Å²) >= 11 is 0. The zero-order chi connectivity index (χ0) is 25.9. The molecule has 2 N–H and O–H groups in total. The third-order valence-corrected chi connectivity index (χ3v) is 5.76. The van der Waals surface area contributed by atoms with Gasteiger partial charge in [0.25, 0.3) is 0 Å². The maximum Gasteiger partial charge on any atom is 0.324 e. The van der Waals surface area contributed by atoms with Gasteiger partial charge in [-0.05, 0) is 54.6 Å². The Bertz CT molecular complexity index is 1510. The van der Waals surface area contributed by atoms with Crippen molar-refractivity contribution >= 4 is 46.2 Å². The number of anilines is 3. The van der Waals surface area contributed by atoms with Crippen molar-refractivity contribution < 1.29 is 23.9 Å². The van der Waals surface area contributed by atoms with Gasteiger partial charge in [0.05, 0.1) is 31.8 Å². The monoisotopic (exact) mass is 498 g/mol. The number of nitrogens with zero attached hydrogens (tertiary/aromatic N) is 4. The van der Waals surface area contributed by atoms with Crippen LogP contribution in [0.25, 0.3) is 22.4 Å². The molecule has 0 bridgehead atoms. The zero-order valence-corrected chi connectivity index (χ0v) is 20.0. The highest BCUT2D eigenvalue weighted by Crippen LogP contribution is 2.32. The molecule has 37 heavy (non-hydrogen) atoms. The van der Waals surface area contributed by atoms with E-state index in [0.717, 1.165) is 10.5 Å². The van der Waals surface area contributed by atoms with Gasteiger partial charge in [0, 0.05) is 24.1 Å². The first-order valence-electron chi connectivity index (χ1n) is 11.4. The molecule has 186 valence electrons. The van der Waals surface area contributed by atoms with Gasteiger partial charge in [-0.1, -0.05) is 0 Å². The van der Waals surface area contributed by atoms with Crippen LogP contribution in [0.4, 0.5) is 22.0 Å². The van der Waals surface area contributed by atoms with E-state index in [2.05, 4.69) is 25.6 Å². The molecule has 4 amide bonds. The van der Waals surface area contributed by atoms with Crippen molar-refractivity contribution in [3.8, 4) is 22.8 Å². The summed E-state index contributed by atoms with van der Waals surface area (Å²) in [6, 6.07) is 15.0. The number of aromatic nitrogens is 3. The number of methoxy groups -OCH3 is 2. The Hall–Kier alpha value is -5.06. The van der Waals surface area contributed by atoms with Gasteiger partial charge in [-0.15, -0.1) is 0 Å². The van der Waals surface area contributed by atoms with Gasteiger partial charge in [0.1, 0.15) is 5.52 Å². The Balaban J connectivity index is 1.30. The van der Waals surface area contributed by atoms with Crippen LogP contribution in [-0.4, -0.2) is 47.0 Å². The van der Waals surface area contributed by atoms with E-state index in [-0.39, 0.29) is 30.5 Å². The molecule has 3 heterocycles. The second kappa shape index (κ2) is 9.90. The van der Waals surface area contributed by atoms with E-state index in [1.165, 1.54) is 6.20 Å². The predicted octanol–water partition coefficient (Wildman–Crippen LogP) is 4.01. The number of hydrogen-bond acceptors (Lipinski definition) is 8. The molecular weight excluding hydrogens is 476 g/mol. The fourth-order valence-corrected chi connectivity index (χ4v) is 3.95. The zero-order valence-electron chi connectivity index (χ0n) is 20.0. The number of nitrogens with one attached hydrogen (secondary N) is 2. The third-order valence-electron chi connectivity index (χ3n) is 5.76. The molecule has 2 aromatic carbocycles. The van der Waals surface area contributed by atoms with Gasteiger partial charge in [-0.2, -0.15) is 0 Å². The van der Waals surface area contributed by atoms with Crippen LogP contribution in [0.15, 0.2) is 60.8 Å². The van der Waals surface area contributed by atoms with Crippen molar-refractivity contribution in [1.29, 1.82) is 0 Å². The summed E-state index contributed by atoms with van der Waals surface area (Å²) < 4.78 is 10.7. The lowest BCUT2D eigenvalue weighted by Crippen LogP contribution is -2.28. The van der Waals surface area contributed by atoms with Crippen LogP contribution in [0.3, 0.4) is 0 Å². The molecule has 1 fully saturated rings. The van der Waals surface area contributed by atoms with E-state index in [9.17, 15) is 14.4 Å². The highest BCUT2D eigenvalue weighted by molar-refractivity contribution is 6.19. The van der Waals surface area contributed by atoms with E-state index < -0.39 is 6.03 Å². The van der Waals surface area contributed by atoms with Crippen LogP contribution in [0.1, 0.15) is 12.8 Å². The first-order valence-corrected chi connectivity index (χ1v) is 11.4. The van der Waals surface area contributed by atoms with Crippen molar-refractivity contribution in [2.24, 2.45) is 0 Å². The Labute approximate surface area is 211 Å². The average molecular weight is 498 g/mol. The van der Waals surface area contributed by atoms with Crippen LogP contribution in [0, 0.1) is 0 Å². The molecule has 2 aromatic heterocycles. The minimum Gasteiger partial charge on any atom is -0.493 e. The van der Waals surface area contributed by atoms with Crippen molar-refractivity contribution in [3.05, 3.63) is 60.8 Å². The minimum absolute atomic E-state index is 0.207. The number of amides is 4. The van der Waals surface area contributed by atoms with E-state index in [1.54, 1.807) is 50.6 Å². The Morgan fingerprint density at radius 2 is 1.59 bits per heavy atom. The molecule has 0 radical (unpaired) electrons. The highest BCUT2D eigenvalue weighted by atomic mass is 16.5. The van der Waals surface area contributed by atoms with E-state index in [4.69, 9.17) is 9.47 Å². The molecule has 1 aliphatic rings. The lowest BCUT2D eigenvalue weighted by atomic mass is 10.1. The summed E-state index contributed by atoms with van der Waals surface area (Å²) in [6.07, 6.45) is 1.85. The lowest BCUT2D eigenvalue weighted by molar-refractivity contribution is -0.121. The Morgan fingerprint density at radius 3 is 2.30 bits per heavy atom. The molecule has 4 aromatic rings. The van der Waals surface area contributed by atoms with Crippen molar-refractivity contribution in [2.45, 2.75) is 12.8 Å². The van der Waals surface area contributed by atoms with Crippen molar-refractivity contribution in [3.63, 3.8) is 0 Å². The second-order valence-corrected chi connectivity index (χ2v) is 8.11. The number of urea groups is 1. The van der Waals surface area contributed by atoms with E-state index >= 15 is 0 Å².